The van der Waals surface area contributed by atoms with Crippen molar-refractivity contribution >= 4 is 9.84 Å². The lowest BCUT2D eigenvalue weighted by molar-refractivity contribution is 0.281. The summed E-state index contributed by atoms with van der Waals surface area (Å²) in [5.74, 6) is -0.345. The summed E-state index contributed by atoms with van der Waals surface area (Å²) in [5.41, 5.74) is 1.05. The van der Waals surface area contributed by atoms with Crippen molar-refractivity contribution < 1.29 is 22.7 Å². The number of rotatable bonds is 5. The van der Waals surface area contributed by atoms with Crippen LogP contribution in [-0.4, -0.2) is 20.6 Å². The average Bonchev–Trinajstić information content (AvgIpc) is 2.47. The number of ether oxygens (including phenoxy) is 1. The van der Waals surface area contributed by atoms with Crippen molar-refractivity contribution in [2.24, 2.45) is 0 Å². The summed E-state index contributed by atoms with van der Waals surface area (Å²) in [6, 6.07) is 9.52. The number of halogens is 1. The third-order valence-electron chi connectivity index (χ3n) is 3.05. The molecular formula is C15H15FO4S. The minimum atomic E-state index is -3.62. The van der Waals surface area contributed by atoms with E-state index in [1.807, 2.05) is 0 Å². The topological polar surface area (TPSA) is 63.6 Å². The fraction of sp³-hybridized carbons (Fsp3) is 0.200. The van der Waals surface area contributed by atoms with E-state index in [2.05, 4.69) is 0 Å². The first-order valence-corrected chi connectivity index (χ1v) is 7.86. The van der Waals surface area contributed by atoms with Gasteiger partial charge in [-0.2, -0.15) is 0 Å². The molecule has 0 fully saturated rings. The highest BCUT2D eigenvalue weighted by molar-refractivity contribution is 7.90. The van der Waals surface area contributed by atoms with Crippen LogP contribution in [0.4, 0.5) is 4.39 Å². The molecule has 112 valence electrons. The molecule has 0 aliphatic carbocycles. The number of hydrogen-bond acceptors (Lipinski definition) is 4. The molecule has 0 spiro atoms. The molecule has 0 amide bonds. The van der Waals surface area contributed by atoms with Crippen LogP contribution in [0.1, 0.15) is 11.1 Å². The van der Waals surface area contributed by atoms with Gasteiger partial charge in [0.2, 0.25) is 0 Å². The molecule has 2 aromatic rings. The molecule has 21 heavy (non-hydrogen) atoms. The lowest BCUT2D eigenvalue weighted by Gasteiger charge is -2.11. The van der Waals surface area contributed by atoms with Gasteiger partial charge in [0, 0.05) is 5.56 Å². The summed E-state index contributed by atoms with van der Waals surface area (Å²) < 4.78 is 42.7. The Morgan fingerprint density at radius 3 is 2.38 bits per heavy atom. The van der Waals surface area contributed by atoms with Crippen molar-refractivity contribution in [3.05, 3.63) is 59.4 Å². The zero-order valence-corrected chi connectivity index (χ0v) is 12.2. The van der Waals surface area contributed by atoms with E-state index < -0.39 is 15.7 Å². The van der Waals surface area contributed by atoms with Gasteiger partial charge in [-0.1, -0.05) is 6.07 Å². The van der Waals surface area contributed by atoms with Gasteiger partial charge in [0.1, 0.15) is 11.6 Å². The van der Waals surface area contributed by atoms with Gasteiger partial charge in [0.05, 0.1) is 24.4 Å². The van der Waals surface area contributed by atoms with E-state index in [0.29, 0.717) is 16.9 Å². The van der Waals surface area contributed by atoms with Crippen molar-refractivity contribution in [1.29, 1.82) is 0 Å². The first kappa shape index (κ1) is 15.5. The summed E-state index contributed by atoms with van der Waals surface area (Å²) in [6.45, 7) is -0.187. The van der Waals surface area contributed by atoms with E-state index in [-0.39, 0.29) is 17.3 Å². The largest absolute Gasteiger partial charge is 0.496 e. The summed E-state index contributed by atoms with van der Waals surface area (Å²) in [7, 11) is -2.17. The molecule has 0 aliphatic heterocycles. The summed E-state index contributed by atoms with van der Waals surface area (Å²) in [6.07, 6.45) is 0. The van der Waals surface area contributed by atoms with Gasteiger partial charge in [-0.15, -0.1) is 0 Å². The number of benzene rings is 2. The number of hydrogen-bond donors (Lipinski definition) is 1. The molecule has 0 bridgehead atoms. The summed E-state index contributed by atoms with van der Waals surface area (Å²) >= 11 is 0. The highest BCUT2D eigenvalue weighted by Gasteiger charge is 2.18. The predicted octanol–water partition coefficient (Wildman–Crippen LogP) is 2.30. The molecule has 0 atom stereocenters. The minimum Gasteiger partial charge on any atom is -0.496 e. The van der Waals surface area contributed by atoms with E-state index in [1.54, 1.807) is 18.2 Å². The molecular weight excluding hydrogens is 295 g/mol. The van der Waals surface area contributed by atoms with Crippen molar-refractivity contribution in [2.75, 3.05) is 7.11 Å². The molecule has 0 unspecified atom stereocenters. The molecule has 0 saturated heterocycles. The zero-order chi connectivity index (χ0) is 15.5. The Hall–Kier alpha value is -1.92. The van der Waals surface area contributed by atoms with Crippen molar-refractivity contribution in [3.8, 4) is 5.75 Å². The molecule has 2 aromatic carbocycles. The van der Waals surface area contributed by atoms with Gasteiger partial charge in [-0.3, -0.25) is 0 Å². The fourth-order valence-electron chi connectivity index (χ4n) is 1.97. The Bertz CT molecular complexity index is 724. The van der Waals surface area contributed by atoms with Crippen molar-refractivity contribution in [3.63, 3.8) is 0 Å². The van der Waals surface area contributed by atoms with Gasteiger partial charge < -0.3 is 9.84 Å². The van der Waals surface area contributed by atoms with E-state index in [1.165, 1.54) is 19.2 Å². The monoisotopic (exact) mass is 310 g/mol. The molecule has 0 heterocycles. The second-order valence-corrected chi connectivity index (χ2v) is 6.51. The third kappa shape index (κ3) is 3.59. The van der Waals surface area contributed by atoms with Gasteiger partial charge in [0.25, 0.3) is 0 Å². The second-order valence-electron chi connectivity index (χ2n) is 4.52. The zero-order valence-electron chi connectivity index (χ0n) is 11.4. The van der Waals surface area contributed by atoms with Gasteiger partial charge in [-0.05, 0) is 42.0 Å². The standard InChI is InChI=1S/C15H15FO4S/c1-20-15-7-2-11(9-17)8-12(15)10-21(18,19)14-5-3-13(16)4-6-14/h2-8,17H,9-10H2,1H3. The number of methoxy groups -OCH3 is 1. The van der Waals surface area contributed by atoms with Crippen LogP contribution in [0.25, 0.3) is 0 Å². The molecule has 0 aromatic heterocycles. The molecule has 2 rings (SSSR count). The van der Waals surface area contributed by atoms with Crippen LogP contribution in [0.2, 0.25) is 0 Å². The first-order chi connectivity index (χ1) is 9.96. The highest BCUT2D eigenvalue weighted by atomic mass is 32.2. The smallest absolute Gasteiger partial charge is 0.182 e. The highest BCUT2D eigenvalue weighted by Crippen LogP contribution is 2.25. The van der Waals surface area contributed by atoms with Crippen molar-refractivity contribution in [2.45, 2.75) is 17.3 Å². The number of aliphatic hydroxyl groups is 1. The second kappa shape index (κ2) is 6.24. The quantitative estimate of drug-likeness (QED) is 0.861. The Balaban J connectivity index is 2.38. The maximum Gasteiger partial charge on any atom is 0.182 e. The van der Waals surface area contributed by atoms with Crippen LogP contribution in [-0.2, 0) is 22.2 Å². The van der Waals surface area contributed by atoms with Crippen LogP contribution >= 0.6 is 0 Å². The fourth-order valence-corrected chi connectivity index (χ4v) is 3.33. The van der Waals surface area contributed by atoms with Crippen LogP contribution in [0, 0.1) is 5.82 Å². The molecule has 0 radical (unpaired) electrons. The Morgan fingerprint density at radius 2 is 1.81 bits per heavy atom. The lowest BCUT2D eigenvalue weighted by atomic mass is 10.1. The van der Waals surface area contributed by atoms with E-state index in [0.717, 1.165) is 12.1 Å². The molecule has 1 N–H and O–H groups in total. The Morgan fingerprint density at radius 1 is 1.14 bits per heavy atom. The van der Waals surface area contributed by atoms with Crippen LogP contribution in [0.5, 0.6) is 5.75 Å². The van der Waals surface area contributed by atoms with Crippen LogP contribution in [0.3, 0.4) is 0 Å². The average molecular weight is 310 g/mol. The van der Waals surface area contributed by atoms with Gasteiger partial charge >= 0.3 is 0 Å². The van der Waals surface area contributed by atoms with E-state index in [9.17, 15) is 12.8 Å². The van der Waals surface area contributed by atoms with Crippen molar-refractivity contribution in [1.82, 2.24) is 0 Å². The van der Waals surface area contributed by atoms with E-state index >= 15 is 0 Å². The van der Waals surface area contributed by atoms with Crippen LogP contribution in [0.15, 0.2) is 47.4 Å². The minimum absolute atomic E-state index is 0.0420. The number of sulfone groups is 1. The maximum atomic E-state index is 12.9. The Kier molecular flexibility index (Phi) is 4.59. The molecule has 0 aliphatic rings. The first-order valence-electron chi connectivity index (χ1n) is 6.21. The normalized spacial score (nSPS) is 11.4. The lowest BCUT2D eigenvalue weighted by Crippen LogP contribution is -2.07. The maximum absolute atomic E-state index is 12.9. The van der Waals surface area contributed by atoms with Crippen LogP contribution < -0.4 is 4.74 Å². The SMILES string of the molecule is COc1ccc(CO)cc1CS(=O)(=O)c1ccc(F)cc1. The third-order valence-corrected chi connectivity index (χ3v) is 4.73. The summed E-state index contributed by atoms with van der Waals surface area (Å²) in [4.78, 5) is 0.0420. The van der Waals surface area contributed by atoms with Gasteiger partial charge in [-0.25, -0.2) is 12.8 Å². The Labute approximate surface area is 122 Å². The van der Waals surface area contributed by atoms with E-state index in [4.69, 9.17) is 9.84 Å². The van der Waals surface area contributed by atoms with Gasteiger partial charge in [0.15, 0.2) is 9.84 Å². The summed E-state index contributed by atoms with van der Waals surface area (Å²) in [5, 5.41) is 9.14. The molecule has 0 saturated carbocycles. The molecule has 6 heteroatoms. The number of aliphatic hydroxyl groups excluding tert-OH is 1. The predicted molar refractivity (Wildman–Crippen MR) is 76.2 cm³/mol. The molecule has 4 nitrogen and oxygen atoms in total.